The van der Waals surface area contributed by atoms with Gasteiger partial charge in [0.25, 0.3) is 5.95 Å². The summed E-state index contributed by atoms with van der Waals surface area (Å²) in [5.41, 5.74) is 1.03. The molecule has 2 aromatic rings. The van der Waals surface area contributed by atoms with E-state index in [0.29, 0.717) is 25.1 Å². The van der Waals surface area contributed by atoms with Crippen LogP contribution < -0.4 is 4.90 Å². The highest BCUT2D eigenvalue weighted by molar-refractivity contribution is 6.28. The Morgan fingerprint density at radius 3 is 2.58 bits per heavy atom. The quantitative estimate of drug-likeness (QED) is 0.812. The number of halogens is 1. The van der Waals surface area contributed by atoms with Crippen LogP contribution in [-0.2, 0) is 4.74 Å². The Balaban J connectivity index is 1.95. The molecule has 0 aromatic carbocycles. The molecule has 8 heteroatoms. The molecule has 0 saturated carbocycles. The Labute approximate surface area is 115 Å². The predicted molar refractivity (Wildman–Crippen MR) is 69.7 cm³/mol. The van der Waals surface area contributed by atoms with E-state index < -0.39 is 0 Å². The molecular formula is C11H13ClN6O. The molecule has 100 valence electrons. The SMILES string of the molecule is Cc1cnn(-c2nc(Cl)nc(N3CCOCC3)n2)c1. The van der Waals surface area contributed by atoms with Gasteiger partial charge in [-0.3, -0.25) is 0 Å². The molecule has 0 N–H and O–H groups in total. The van der Waals surface area contributed by atoms with Gasteiger partial charge >= 0.3 is 0 Å². The van der Waals surface area contributed by atoms with Crippen LogP contribution in [0.1, 0.15) is 5.56 Å². The molecule has 0 aliphatic carbocycles. The second kappa shape index (κ2) is 5.10. The van der Waals surface area contributed by atoms with Gasteiger partial charge in [-0.25, -0.2) is 4.68 Å². The molecule has 0 amide bonds. The molecule has 0 radical (unpaired) electrons. The number of morpholine rings is 1. The van der Waals surface area contributed by atoms with Crippen molar-refractivity contribution in [2.75, 3.05) is 31.2 Å². The number of rotatable bonds is 2. The Hall–Kier alpha value is -1.73. The Morgan fingerprint density at radius 1 is 1.16 bits per heavy atom. The molecular weight excluding hydrogens is 268 g/mol. The van der Waals surface area contributed by atoms with Gasteiger partial charge in [0, 0.05) is 19.3 Å². The van der Waals surface area contributed by atoms with Gasteiger partial charge in [-0.1, -0.05) is 0 Å². The smallest absolute Gasteiger partial charge is 0.256 e. The normalized spacial score (nSPS) is 15.8. The van der Waals surface area contributed by atoms with E-state index >= 15 is 0 Å². The fraction of sp³-hybridized carbons (Fsp3) is 0.455. The third-order valence-corrected chi connectivity index (χ3v) is 2.96. The number of hydrogen-bond donors (Lipinski definition) is 0. The maximum absolute atomic E-state index is 5.96. The summed E-state index contributed by atoms with van der Waals surface area (Å²) in [5.74, 6) is 0.987. The lowest BCUT2D eigenvalue weighted by atomic mass is 10.4. The van der Waals surface area contributed by atoms with Crippen molar-refractivity contribution in [2.24, 2.45) is 0 Å². The van der Waals surface area contributed by atoms with Crippen LogP contribution in [0.25, 0.3) is 5.95 Å². The van der Waals surface area contributed by atoms with Crippen molar-refractivity contribution in [1.82, 2.24) is 24.7 Å². The first-order chi connectivity index (χ1) is 9.22. The van der Waals surface area contributed by atoms with Gasteiger partial charge < -0.3 is 9.64 Å². The van der Waals surface area contributed by atoms with Gasteiger partial charge in [-0.15, -0.1) is 0 Å². The van der Waals surface area contributed by atoms with Crippen LogP contribution in [0.3, 0.4) is 0 Å². The summed E-state index contributed by atoms with van der Waals surface area (Å²) in [6.45, 7) is 4.78. The standard InChI is InChI=1S/C11H13ClN6O/c1-8-6-13-18(7-8)11-15-9(12)14-10(16-11)17-2-4-19-5-3-17/h6-7H,2-5H2,1H3. The topological polar surface area (TPSA) is 69.0 Å². The van der Waals surface area contributed by atoms with Crippen molar-refractivity contribution < 1.29 is 4.74 Å². The van der Waals surface area contributed by atoms with Gasteiger partial charge in [0.15, 0.2) is 0 Å². The molecule has 1 fully saturated rings. The highest BCUT2D eigenvalue weighted by atomic mass is 35.5. The molecule has 3 heterocycles. The van der Waals surface area contributed by atoms with Gasteiger partial charge in [-0.05, 0) is 24.1 Å². The van der Waals surface area contributed by atoms with Gasteiger partial charge in [-0.2, -0.15) is 20.1 Å². The molecule has 1 aliphatic heterocycles. The van der Waals surface area contributed by atoms with E-state index in [4.69, 9.17) is 16.3 Å². The number of nitrogens with zero attached hydrogens (tertiary/aromatic N) is 6. The molecule has 0 unspecified atom stereocenters. The first-order valence-electron chi connectivity index (χ1n) is 5.98. The molecule has 2 aromatic heterocycles. The second-order valence-electron chi connectivity index (χ2n) is 4.27. The lowest BCUT2D eigenvalue weighted by Gasteiger charge is -2.26. The summed E-state index contributed by atoms with van der Waals surface area (Å²) in [5, 5.41) is 4.34. The number of aryl methyl sites for hydroxylation is 1. The molecule has 19 heavy (non-hydrogen) atoms. The van der Waals surface area contributed by atoms with E-state index in [1.165, 1.54) is 0 Å². The van der Waals surface area contributed by atoms with E-state index in [0.717, 1.165) is 18.7 Å². The lowest BCUT2D eigenvalue weighted by molar-refractivity contribution is 0.122. The van der Waals surface area contributed by atoms with Crippen LogP contribution in [-0.4, -0.2) is 51.0 Å². The monoisotopic (exact) mass is 280 g/mol. The van der Waals surface area contributed by atoms with Crippen LogP contribution in [0, 0.1) is 6.92 Å². The third-order valence-electron chi connectivity index (χ3n) is 2.80. The maximum atomic E-state index is 5.96. The van der Waals surface area contributed by atoms with Gasteiger partial charge in [0.1, 0.15) is 0 Å². The Kier molecular flexibility index (Phi) is 3.31. The van der Waals surface area contributed by atoms with Crippen molar-refractivity contribution in [3.8, 4) is 5.95 Å². The first kappa shape index (κ1) is 12.3. The highest BCUT2D eigenvalue weighted by Gasteiger charge is 2.16. The summed E-state index contributed by atoms with van der Waals surface area (Å²) in [7, 11) is 0. The maximum Gasteiger partial charge on any atom is 0.256 e. The number of ether oxygens (including phenoxy) is 1. The highest BCUT2D eigenvalue weighted by Crippen LogP contribution is 2.14. The van der Waals surface area contributed by atoms with Gasteiger partial charge in [0.2, 0.25) is 11.2 Å². The minimum absolute atomic E-state index is 0.166. The van der Waals surface area contributed by atoms with Crippen LogP contribution in [0.15, 0.2) is 12.4 Å². The molecule has 7 nitrogen and oxygen atoms in total. The van der Waals surface area contributed by atoms with Crippen LogP contribution in [0.4, 0.5) is 5.95 Å². The van der Waals surface area contributed by atoms with Gasteiger partial charge in [0.05, 0.1) is 19.4 Å². The van der Waals surface area contributed by atoms with Crippen molar-refractivity contribution in [3.63, 3.8) is 0 Å². The third kappa shape index (κ3) is 2.66. The summed E-state index contributed by atoms with van der Waals surface area (Å²) in [6.07, 6.45) is 3.58. The fourth-order valence-electron chi connectivity index (χ4n) is 1.86. The van der Waals surface area contributed by atoms with E-state index in [1.54, 1.807) is 10.9 Å². The molecule has 1 aliphatic rings. The average Bonchev–Trinajstić information content (AvgIpc) is 2.86. The largest absolute Gasteiger partial charge is 0.378 e. The van der Waals surface area contributed by atoms with Crippen LogP contribution >= 0.6 is 11.6 Å². The minimum atomic E-state index is 0.166. The van der Waals surface area contributed by atoms with E-state index in [-0.39, 0.29) is 5.28 Å². The van der Waals surface area contributed by atoms with Crippen LogP contribution in [0.2, 0.25) is 5.28 Å². The molecule has 0 spiro atoms. The van der Waals surface area contributed by atoms with Crippen molar-refractivity contribution in [1.29, 1.82) is 0 Å². The average molecular weight is 281 g/mol. The van der Waals surface area contributed by atoms with Crippen LogP contribution in [0.5, 0.6) is 0 Å². The zero-order valence-corrected chi connectivity index (χ0v) is 11.2. The predicted octanol–water partition coefficient (Wildman–Crippen LogP) is 0.856. The summed E-state index contributed by atoms with van der Waals surface area (Å²) in [6, 6.07) is 0. The molecule has 1 saturated heterocycles. The van der Waals surface area contributed by atoms with Crippen molar-refractivity contribution in [2.45, 2.75) is 6.92 Å². The second-order valence-corrected chi connectivity index (χ2v) is 4.60. The summed E-state index contributed by atoms with van der Waals surface area (Å²) in [4.78, 5) is 14.7. The molecule has 0 atom stereocenters. The number of hydrogen-bond acceptors (Lipinski definition) is 6. The minimum Gasteiger partial charge on any atom is -0.378 e. The summed E-state index contributed by atoms with van der Waals surface area (Å²) >= 11 is 5.96. The fourth-order valence-corrected chi connectivity index (χ4v) is 2.01. The van der Waals surface area contributed by atoms with E-state index in [1.807, 2.05) is 18.0 Å². The Morgan fingerprint density at radius 2 is 1.89 bits per heavy atom. The van der Waals surface area contributed by atoms with Crippen molar-refractivity contribution in [3.05, 3.63) is 23.2 Å². The zero-order chi connectivity index (χ0) is 13.2. The molecule has 0 bridgehead atoms. The number of aromatic nitrogens is 5. The number of anilines is 1. The Bertz CT molecular complexity index is 580. The zero-order valence-electron chi connectivity index (χ0n) is 10.5. The summed E-state index contributed by atoms with van der Waals surface area (Å²) < 4.78 is 6.90. The molecule has 3 rings (SSSR count). The lowest BCUT2D eigenvalue weighted by Crippen LogP contribution is -2.37. The van der Waals surface area contributed by atoms with E-state index in [2.05, 4.69) is 20.1 Å². The van der Waals surface area contributed by atoms with E-state index in [9.17, 15) is 0 Å². The first-order valence-corrected chi connectivity index (χ1v) is 6.36. The van der Waals surface area contributed by atoms with Crippen molar-refractivity contribution >= 4 is 17.5 Å².